The highest BCUT2D eigenvalue weighted by molar-refractivity contribution is 5.79. The Morgan fingerprint density at radius 1 is 1.42 bits per heavy atom. The minimum atomic E-state index is 0.143. The number of amides is 1. The van der Waals surface area contributed by atoms with Crippen LogP contribution in [0, 0.1) is 11.8 Å². The molecule has 0 bridgehead atoms. The number of hydrogen-bond acceptors (Lipinski definition) is 4. The molecule has 0 saturated heterocycles. The standard InChI is InChI=1S/C13H21N5O/c1-9-6-10(2-3-11(9)14)13(19)17-4-5-18-8-15-16-12(18)7-17/h8-11H,2-7,14H2,1H3. The summed E-state index contributed by atoms with van der Waals surface area (Å²) in [6.07, 6.45) is 4.54. The van der Waals surface area contributed by atoms with Gasteiger partial charge < -0.3 is 15.2 Å². The van der Waals surface area contributed by atoms with Crippen molar-refractivity contribution in [2.75, 3.05) is 6.54 Å². The van der Waals surface area contributed by atoms with E-state index in [-0.39, 0.29) is 17.9 Å². The Kier molecular flexibility index (Phi) is 3.26. The summed E-state index contributed by atoms with van der Waals surface area (Å²) >= 11 is 0. The fourth-order valence-corrected chi connectivity index (χ4v) is 3.16. The van der Waals surface area contributed by atoms with E-state index in [0.29, 0.717) is 12.5 Å². The molecule has 1 aliphatic heterocycles. The lowest BCUT2D eigenvalue weighted by Crippen LogP contribution is -2.45. The van der Waals surface area contributed by atoms with Gasteiger partial charge in [0.15, 0.2) is 5.82 Å². The molecule has 3 atom stereocenters. The van der Waals surface area contributed by atoms with Gasteiger partial charge in [-0.25, -0.2) is 0 Å². The zero-order chi connectivity index (χ0) is 13.4. The van der Waals surface area contributed by atoms with Crippen LogP contribution in [0.25, 0.3) is 0 Å². The highest BCUT2D eigenvalue weighted by Crippen LogP contribution is 2.30. The molecule has 1 saturated carbocycles. The SMILES string of the molecule is CC1CC(C(=O)N2CCn3cnnc3C2)CCC1N. The number of fused-ring (bicyclic) bond motifs is 1. The normalized spacial score (nSPS) is 31.1. The Morgan fingerprint density at radius 3 is 3.05 bits per heavy atom. The van der Waals surface area contributed by atoms with Gasteiger partial charge >= 0.3 is 0 Å². The van der Waals surface area contributed by atoms with Crippen LogP contribution >= 0.6 is 0 Å². The van der Waals surface area contributed by atoms with Crippen molar-refractivity contribution in [1.82, 2.24) is 19.7 Å². The fourth-order valence-electron chi connectivity index (χ4n) is 3.16. The molecule has 2 aliphatic rings. The van der Waals surface area contributed by atoms with Gasteiger partial charge in [-0.2, -0.15) is 0 Å². The smallest absolute Gasteiger partial charge is 0.226 e. The summed E-state index contributed by atoms with van der Waals surface area (Å²) in [5.74, 6) is 1.74. The molecule has 1 amide bonds. The lowest BCUT2D eigenvalue weighted by atomic mass is 9.78. The van der Waals surface area contributed by atoms with E-state index >= 15 is 0 Å². The van der Waals surface area contributed by atoms with Crippen molar-refractivity contribution in [3.63, 3.8) is 0 Å². The summed E-state index contributed by atoms with van der Waals surface area (Å²) in [6.45, 7) is 4.31. The second-order valence-electron chi connectivity index (χ2n) is 5.85. The zero-order valence-electron chi connectivity index (χ0n) is 11.3. The van der Waals surface area contributed by atoms with E-state index in [1.165, 1.54) is 0 Å². The fraction of sp³-hybridized carbons (Fsp3) is 0.769. The lowest BCUT2D eigenvalue weighted by Gasteiger charge is -2.35. The topological polar surface area (TPSA) is 77.0 Å². The Labute approximate surface area is 113 Å². The lowest BCUT2D eigenvalue weighted by molar-refractivity contribution is -0.138. The number of nitrogens with zero attached hydrogens (tertiary/aromatic N) is 4. The van der Waals surface area contributed by atoms with E-state index in [0.717, 1.165) is 38.2 Å². The molecule has 3 rings (SSSR count). The first-order valence-electron chi connectivity index (χ1n) is 7.06. The maximum absolute atomic E-state index is 12.6. The minimum absolute atomic E-state index is 0.143. The van der Waals surface area contributed by atoms with Crippen LogP contribution in [0.5, 0.6) is 0 Å². The summed E-state index contributed by atoms with van der Waals surface area (Å²) in [6, 6.07) is 0.258. The third kappa shape index (κ3) is 2.36. The predicted octanol–water partition coefficient (Wildman–Crippen LogP) is 0.384. The molecule has 1 aliphatic carbocycles. The van der Waals surface area contributed by atoms with E-state index in [1.807, 2.05) is 9.47 Å². The largest absolute Gasteiger partial charge is 0.333 e. The predicted molar refractivity (Wildman–Crippen MR) is 69.9 cm³/mol. The van der Waals surface area contributed by atoms with Crippen molar-refractivity contribution in [3.05, 3.63) is 12.2 Å². The molecule has 0 radical (unpaired) electrons. The number of aromatic nitrogens is 3. The average molecular weight is 263 g/mol. The van der Waals surface area contributed by atoms with Crippen molar-refractivity contribution < 1.29 is 4.79 Å². The number of carbonyl (C=O) groups excluding carboxylic acids is 1. The van der Waals surface area contributed by atoms with Gasteiger partial charge in [0.1, 0.15) is 6.33 Å². The number of hydrogen-bond donors (Lipinski definition) is 1. The van der Waals surface area contributed by atoms with Gasteiger partial charge in [0, 0.05) is 25.0 Å². The summed E-state index contributed by atoms with van der Waals surface area (Å²) in [5.41, 5.74) is 6.02. The first-order valence-corrected chi connectivity index (χ1v) is 7.06. The van der Waals surface area contributed by atoms with Crippen LogP contribution in [-0.4, -0.2) is 38.2 Å². The third-order valence-corrected chi connectivity index (χ3v) is 4.54. The molecular weight excluding hydrogens is 242 g/mol. The molecule has 19 heavy (non-hydrogen) atoms. The third-order valence-electron chi connectivity index (χ3n) is 4.54. The molecule has 1 fully saturated rings. The van der Waals surface area contributed by atoms with Crippen LogP contribution in [-0.2, 0) is 17.9 Å². The van der Waals surface area contributed by atoms with Crippen LogP contribution in [0.15, 0.2) is 6.33 Å². The van der Waals surface area contributed by atoms with Gasteiger partial charge in [-0.1, -0.05) is 6.92 Å². The Hall–Kier alpha value is -1.43. The molecule has 6 heteroatoms. The molecule has 104 valence electrons. The summed E-state index contributed by atoms with van der Waals surface area (Å²) in [5, 5.41) is 7.95. The summed E-state index contributed by atoms with van der Waals surface area (Å²) < 4.78 is 2.02. The molecule has 1 aromatic heterocycles. The number of rotatable bonds is 1. The van der Waals surface area contributed by atoms with Gasteiger partial charge in [0.25, 0.3) is 0 Å². The minimum Gasteiger partial charge on any atom is -0.333 e. The molecule has 2 heterocycles. The van der Waals surface area contributed by atoms with Crippen LogP contribution in [0.1, 0.15) is 32.0 Å². The first-order chi connectivity index (χ1) is 9.15. The number of nitrogens with two attached hydrogens (primary N) is 1. The van der Waals surface area contributed by atoms with E-state index < -0.39 is 0 Å². The Balaban J connectivity index is 1.65. The van der Waals surface area contributed by atoms with Crippen LogP contribution in [0.2, 0.25) is 0 Å². The molecule has 0 aromatic carbocycles. The second-order valence-corrected chi connectivity index (χ2v) is 5.85. The van der Waals surface area contributed by atoms with Crippen molar-refractivity contribution in [1.29, 1.82) is 0 Å². The molecule has 0 spiro atoms. The van der Waals surface area contributed by atoms with E-state index in [4.69, 9.17) is 5.73 Å². The van der Waals surface area contributed by atoms with Crippen molar-refractivity contribution in [2.45, 2.75) is 45.3 Å². The van der Waals surface area contributed by atoms with E-state index in [1.54, 1.807) is 6.33 Å². The summed E-state index contributed by atoms with van der Waals surface area (Å²) in [4.78, 5) is 14.5. The highest BCUT2D eigenvalue weighted by atomic mass is 16.2. The van der Waals surface area contributed by atoms with E-state index in [9.17, 15) is 4.79 Å². The van der Waals surface area contributed by atoms with Gasteiger partial charge in [0.2, 0.25) is 5.91 Å². The maximum Gasteiger partial charge on any atom is 0.226 e. The first kappa shape index (κ1) is 12.6. The number of carbonyl (C=O) groups is 1. The molecule has 2 N–H and O–H groups in total. The van der Waals surface area contributed by atoms with Crippen LogP contribution in [0.3, 0.4) is 0 Å². The van der Waals surface area contributed by atoms with E-state index in [2.05, 4.69) is 17.1 Å². The Bertz CT molecular complexity index is 471. The monoisotopic (exact) mass is 263 g/mol. The quantitative estimate of drug-likeness (QED) is 0.795. The van der Waals surface area contributed by atoms with Crippen LogP contribution in [0.4, 0.5) is 0 Å². The molecule has 3 unspecified atom stereocenters. The average Bonchev–Trinajstić information content (AvgIpc) is 2.88. The van der Waals surface area contributed by atoms with Crippen LogP contribution < -0.4 is 5.73 Å². The summed E-state index contributed by atoms with van der Waals surface area (Å²) in [7, 11) is 0. The molecule has 1 aromatic rings. The highest BCUT2D eigenvalue weighted by Gasteiger charge is 2.33. The second kappa shape index (κ2) is 4.92. The molecular formula is C13H21N5O. The van der Waals surface area contributed by atoms with Crippen molar-refractivity contribution in [2.24, 2.45) is 17.6 Å². The van der Waals surface area contributed by atoms with Crippen molar-refractivity contribution >= 4 is 5.91 Å². The zero-order valence-corrected chi connectivity index (χ0v) is 11.3. The maximum atomic E-state index is 12.6. The van der Waals surface area contributed by atoms with Gasteiger partial charge in [-0.15, -0.1) is 10.2 Å². The molecule has 6 nitrogen and oxygen atoms in total. The Morgan fingerprint density at radius 2 is 2.26 bits per heavy atom. The van der Waals surface area contributed by atoms with Gasteiger partial charge in [-0.05, 0) is 25.2 Å². The van der Waals surface area contributed by atoms with Gasteiger partial charge in [-0.3, -0.25) is 4.79 Å². The van der Waals surface area contributed by atoms with Gasteiger partial charge in [0.05, 0.1) is 6.54 Å². The van der Waals surface area contributed by atoms with Crippen molar-refractivity contribution in [3.8, 4) is 0 Å².